The van der Waals surface area contributed by atoms with E-state index < -0.39 is 17.4 Å². The number of methoxy groups -OCH3 is 1. The van der Waals surface area contributed by atoms with Crippen LogP contribution >= 0.6 is 0 Å². The van der Waals surface area contributed by atoms with E-state index in [2.05, 4.69) is 4.74 Å². The molecule has 94 valence electrons. The van der Waals surface area contributed by atoms with Gasteiger partial charge in [-0.25, -0.2) is 4.39 Å². The molecule has 0 spiro atoms. The number of nitrogens with two attached hydrogens (primary N) is 1. The summed E-state index contributed by atoms with van der Waals surface area (Å²) in [4.78, 5) is 11.5. The number of ether oxygens (including phenoxy) is 1. The van der Waals surface area contributed by atoms with Crippen molar-refractivity contribution in [2.45, 2.75) is 32.2 Å². The van der Waals surface area contributed by atoms with Crippen molar-refractivity contribution in [2.24, 2.45) is 5.73 Å². The van der Waals surface area contributed by atoms with E-state index in [0.717, 1.165) is 5.56 Å². The van der Waals surface area contributed by atoms with Gasteiger partial charge in [-0.2, -0.15) is 0 Å². The van der Waals surface area contributed by atoms with Crippen molar-refractivity contribution in [3.8, 4) is 0 Å². The van der Waals surface area contributed by atoms with E-state index in [1.54, 1.807) is 32.9 Å². The summed E-state index contributed by atoms with van der Waals surface area (Å²) >= 11 is 0. The number of hydrogen-bond donors (Lipinski definition) is 1. The number of hydrogen-bond acceptors (Lipinski definition) is 3. The third-order valence-corrected chi connectivity index (χ3v) is 3.10. The second-order valence-electron chi connectivity index (χ2n) is 4.65. The molecule has 3 nitrogen and oxygen atoms in total. The molecule has 4 heteroatoms. The molecule has 0 amide bonds. The van der Waals surface area contributed by atoms with Crippen LogP contribution in [0, 0.1) is 12.7 Å². The van der Waals surface area contributed by atoms with Gasteiger partial charge in [0.2, 0.25) is 0 Å². The van der Waals surface area contributed by atoms with Crippen LogP contribution in [0.4, 0.5) is 4.39 Å². The maximum Gasteiger partial charge on any atom is 0.323 e. The molecule has 2 N–H and O–H groups in total. The fourth-order valence-electron chi connectivity index (χ4n) is 2.02. The standard InChI is InChI=1S/C13H18FNO2/c1-8-6-5-7-9(14)10(8)13(2,3)11(15)12(16)17-4/h5-7,11H,15H2,1-4H3. The number of esters is 1. The Morgan fingerprint density at radius 2 is 2.06 bits per heavy atom. The first-order valence-electron chi connectivity index (χ1n) is 5.41. The lowest BCUT2D eigenvalue weighted by molar-refractivity contribution is -0.143. The normalized spacial score (nSPS) is 13.3. The molecule has 0 saturated heterocycles. The minimum absolute atomic E-state index is 0.352. The van der Waals surface area contributed by atoms with Crippen molar-refractivity contribution < 1.29 is 13.9 Å². The van der Waals surface area contributed by atoms with Crippen LogP contribution in [0.2, 0.25) is 0 Å². The Morgan fingerprint density at radius 3 is 2.53 bits per heavy atom. The van der Waals surface area contributed by atoms with Crippen molar-refractivity contribution in [3.05, 3.63) is 35.1 Å². The van der Waals surface area contributed by atoms with Gasteiger partial charge < -0.3 is 10.5 Å². The van der Waals surface area contributed by atoms with Gasteiger partial charge in [0, 0.05) is 5.41 Å². The summed E-state index contributed by atoms with van der Waals surface area (Å²) in [5, 5.41) is 0. The van der Waals surface area contributed by atoms with Crippen molar-refractivity contribution in [1.29, 1.82) is 0 Å². The summed E-state index contributed by atoms with van der Waals surface area (Å²) < 4.78 is 18.5. The highest BCUT2D eigenvalue weighted by atomic mass is 19.1. The maximum absolute atomic E-state index is 13.9. The second kappa shape index (κ2) is 4.84. The van der Waals surface area contributed by atoms with Crippen molar-refractivity contribution in [1.82, 2.24) is 0 Å². The van der Waals surface area contributed by atoms with Gasteiger partial charge in [0.25, 0.3) is 0 Å². The van der Waals surface area contributed by atoms with Crippen molar-refractivity contribution in [2.75, 3.05) is 7.11 Å². The van der Waals surface area contributed by atoms with Gasteiger partial charge in [-0.1, -0.05) is 26.0 Å². The monoisotopic (exact) mass is 239 g/mol. The lowest BCUT2D eigenvalue weighted by atomic mass is 9.76. The number of halogens is 1. The topological polar surface area (TPSA) is 52.3 Å². The quantitative estimate of drug-likeness (QED) is 0.820. The predicted octanol–water partition coefficient (Wildman–Crippen LogP) is 1.91. The Kier molecular flexibility index (Phi) is 3.88. The lowest BCUT2D eigenvalue weighted by Crippen LogP contribution is -2.48. The summed E-state index contributed by atoms with van der Waals surface area (Å²) in [6, 6.07) is 3.90. The molecule has 0 aromatic heterocycles. The average Bonchev–Trinajstić information content (AvgIpc) is 2.26. The van der Waals surface area contributed by atoms with Gasteiger partial charge in [-0.05, 0) is 24.1 Å². The first-order chi connectivity index (χ1) is 7.82. The van der Waals surface area contributed by atoms with Crippen LogP contribution < -0.4 is 5.73 Å². The minimum atomic E-state index is -0.900. The van der Waals surface area contributed by atoms with E-state index in [9.17, 15) is 9.18 Å². The Balaban J connectivity index is 3.25. The van der Waals surface area contributed by atoms with E-state index in [0.29, 0.717) is 5.56 Å². The smallest absolute Gasteiger partial charge is 0.323 e. The van der Waals surface area contributed by atoms with Gasteiger partial charge in [-0.3, -0.25) is 4.79 Å². The summed E-state index contributed by atoms with van der Waals surface area (Å²) in [5.74, 6) is -0.896. The molecule has 0 heterocycles. The molecule has 0 aliphatic heterocycles. The molecule has 1 aromatic carbocycles. The van der Waals surface area contributed by atoms with E-state index in [1.807, 2.05) is 0 Å². The molecule has 0 radical (unpaired) electrons. The number of rotatable bonds is 3. The SMILES string of the molecule is COC(=O)C(N)C(C)(C)c1c(C)cccc1F. The predicted molar refractivity (Wildman–Crippen MR) is 64.2 cm³/mol. The van der Waals surface area contributed by atoms with Gasteiger partial charge >= 0.3 is 5.97 Å². The lowest BCUT2D eigenvalue weighted by Gasteiger charge is -2.31. The summed E-state index contributed by atoms with van der Waals surface area (Å²) in [7, 11) is 1.27. The average molecular weight is 239 g/mol. The van der Waals surface area contributed by atoms with Crippen LogP contribution in [0.15, 0.2) is 18.2 Å². The third-order valence-electron chi connectivity index (χ3n) is 3.10. The molecule has 0 aliphatic carbocycles. The second-order valence-corrected chi connectivity index (χ2v) is 4.65. The highest BCUT2D eigenvalue weighted by Gasteiger charge is 2.37. The third kappa shape index (κ3) is 2.47. The molecule has 1 aromatic rings. The Bertz CT molecular complexity index is 409. The Labute approximate surface area is 101 Å². The molecule has 0 saturated carbocycles. The maximum atomic E-state index is 13.9. The van der Waals surface area contributed by atoms with E-state index in [-0.39, 0.29) is 5.82 Å². The minimum Gasteiger partial charge on any atom is -0.468 e. The van der Waals surface area contributed by atoms with Crippen LogP contribution in [-0.2, 0) is 14.9 Å². The van der Waals surface area contributed by atoms with Crippen LogP contribution in [-0.4, -0.2) is 19.1 Å². The number of carbonyl (C=O) groups excluding carboxylic acids is 1. The summed E-state index contributed by atoms with van der Waals surface area (Å²) in [6.07, 6.45) is 0. The first kappa shape index (κ1) is 13.6. The molecule has 17 heavy (non-hydrogen) atoms. The van der Waals surface area contributed by atoms with Gasteiger partial charge in [-0.15, -0.1) is 0 Å². The van der Waals surface area contributed by atoms with Gasteiger partial charge in [0.15, 0.2) is 0 Å². The summed E-state index contributed by atoms with van der Waals surface area (Å²) in [5.41, 5.74) is 6.25. The number of carbonyl (C=O) groups is 1. The van der Waals surface area contributed by atoms with E-state index >= 15 is 0 Å². The van der Waals surface area contributed by atoms with Gasteiger partial charge in [0.05, 0.1) is 7.11 Å². The molecule has 1 unspecified atom stereocenters. The first-order valence-corrected chi connectivity index (χ1v) is 5.41. The molecular formula is C13H18FNO2. The molecule has 1 rings (SSSR count). The number of aryl methyl sites for hydroxylation is 1. The van der Waals surface area contributed by atoms with Crippen LogP contribution in [0.5, 0.6) is 0 Å². The highest BCUT2D eigenvalue weighted by Crippen LogP contribution is 2.31. The molecule has 0 aliphatic rings. The Hall–Kier alpha value is -1.42. The van der Waals surface area contributed by atoms with Crippen molar-refractivity contribution in [3.63, 3.8) is 0 Å². The molecular weight excluding hydrogens is 221 g/mol. The fraction of sp³-hybridized carbons (Fsp3) is 0.462. The zero-order chi connectivity index (χ0) is 13.2. The number of benzene rings is 1. The fourth-order valence-corrected chi connectivity index (χ4v) is 2.02. The van der Waals surface area contributed by atoms with E-state index in [1.165, 1.54) is 13.2 Å². The zero-order valence-corrected chi connectivity index (χ0v) is 10.6. The highest BCUT2D eigenvalue weighted by molar-refractivity contribution is 5.77. The van der Waals surface area contributed by atoms with Crippen molar-refractivity contribution >= 4 is 5.97 Å². The molecule has 0 bridgehead atoms. The summed E-state index contributed by atoms with van der Waals surface area (Å²) in [6.45, 7) is 5.27. The van der Waals surface area contributed by atoms with Crippen LogP contribution in [0.1, 0.15) is 25.0 Å². The zero-order valence-electron chi connectivity index (χ0n) is 10.6. The van der Waals surface area contributed by atoms with Gasteiger partial charge in [0.1, 0.15) is 11.9 Å². The van der Waals surface area contributed by atoms with E-state index in [4.69, 9.17) is 5.73 Å². The van der Waals surface area contributed by atoms with Crippen LogP contribution in [0.25, 0.3) is 0 Å². The van der Waals surface area contributed by atoms with Crippen LogP contribution in [0.3, 0.4) is 0 Å². The molecule has 0 fully saturated rings. The Morgan fingerprint density at radius 1 is 1.47 bits per heavy atom. The largest absolute Gasteiger partial charge is 0.468 e. The molecule has 1 atom stereocenters.